The fourth-order valence-electron chi connectivity index (χ4n) is 2.46. The first-order valence-electron chi connectivity index (χ1n) is 6.34. The minimum atomic E-state index is -0.491. The molecule has 4 nitrogen and oxygen atoms in total. The number of nitrogens with two attached hydrogens (primary N) is 1. The Kier molecular flexibility index (Phi) is 3.68. The summed E-state index contributed by atoms with van der Waals surface area (Å²) in [6, 6.07) is 0. The second-order valence-corrected chi connectivity index (χ2v) is 5.66. The van der Waals surface area contributed by atoms with E-state index >= 15 is 0 Å². The molecule has 2 rings (SSSR count). The van der Waals surface area contributed by atoms with Crippen LogP contribution >= 0.6 is 12.2 Å². The van der Waals surface area contributed by atoms with Crippen LogP contribution in [0.4, 0.5) is 0 Å². The van der Waals surface area contributed by atoms with Gasteiger partial charge in [0.2, 0.25) is 5.91 Å². The Bertz CT molecular complexity index is 322. The smallest absolute Gasteiger partial charge is 0.235 e. The van der Waals surface area contributed by atoms with Gasteiger partial charge in [-0.05, 0) is 38.8 Å². The number of hydrogen-bond donors (Lipinski definition) is 1. The van der Waals surface area contributed by atoms with Gasteiger partial charge in [0, 0.05) is 20.1 Å². The van der Waals surface area contributed by atoms with Crippen molar-refractivity contribution in [1.82, 2.24) is 9.80 Å². The van der Waals surface area contributed by atoms with Gasteiger partial charge < -0.3 is 15.5 Å². The molecule has 0 radical (unpaired) electrons. The fourth-order valence-corrected chi connectivity index (χ4v) is 2.75. The molecule has 1 aliphatic carbocycles. The van der Waals surface area contributed by atoms with Gasteiger partial charge in [-0.25, -0.2) is 0 Å². The molecule has 1 amide bonds. The standard InChI is InChI=1S/C12H21N3OS/c1-14(8-9-15-6-2-3-7-15)11(16)12(4-5-12)10(13)17/h2-9H2,1H3,(H2,13,17). The molecule has 0 aromatic heterocycles. The molecule has 0 unspecified atom stereocenters. The Hall–Kier alpha value is -0.680. The van der Waals surface area contributed by atoms with E-state index in [-0.39, 0.29) is 5.91 Å². The minimum Gasteiger partial charge on any atom is -0.392 e. The summed E-state index contributed by atoms with van der Waals surface area (Å²) in [7, 11) is 1.86. The van der Waals surface area contributed by atoms with Crippen LogP contribution in [0.1, 0.15) is 25.7 Å². The number of carbonyl (C=O) groups excluding carboxylic acids is 1. The Morgan fingerprint density at radius 2 is 2.00 bits per heavy atom. The van der Waals surface area contributed by atoms with Crippen molar-refractivity contribution in [1.29, 1.82) is 0 Å². The van der Waals surface area contributed by atoms with Crippen LogP contribution in [0.25, 0.3) is 0 Å². The van der Waals surface area contributed by atoms with E-state index < -0.39 is 5.41 Å². The van der Waals surface area contributed by atoms with Gasteiger partial charge in [0.05, 0.1) is 10.4 Å². The molecule has 96 valence electrons. The molecule has 5 heteroatoms. The van der Waals surface area contributed by atoms with Crippen molar-refractivity contribution in [3.05, 3.63) is 0 Å². The lowest BCUT2D eigenvalue weighted by Gasteiger charge is -2.25. The van der Waals surface area contributed by atoms with E-state index in [4.69, 9.17) is 18.0 Å². The van der Waals surface area contributed by atoms with Crippen molar-refractivity contribution < 1.29 is 4.79 Å². The van der Waals surface area contributed by atoms with Crippen LogP contribution in [-0.4, -0.2) is 53.9 Å². The van der Waals surface area contributed by atoms with E-state index in [9.17, 15) is 4.79 Å². The van der Waals surface area contributed by atoms with Gasteiger partial charge in [0.25, 0.3) is 0 Å². The van der Waals surface area contributed by atoms with E-state index in [1.807, 2.05) is 7.05 Å². The topological polar surface area (TPSA) is 49.6 Å². The first-order valence-corrected chi connectivity index (χ1v) is 6.75. The number of carbonyl (C=O) groups is 1. The van der Waals surface area contributed by atoms with E-state index in [0.29, 0.717) is 4.99 Å². The molecule has 2 aliphatic rings. The van der Waals surface area contributed by atoms with Crippen molar-refractivity contribution in [3.63, 3.8) is 0 Å². The summed E-state index contributed by atoms with van der Waals surface area (Å²) in [5.74, 6) is 0.115. The summed E-state index contributed by atoms with van der Waals surface area (Å²) in [6.07, 6.45) is 4.23. The van der Waals surface area contributed by atoms with Crippen molar-refractivity contribution >= 4 is 23.1 Å². The van der Waals surface area contributed by atoms with Gasteiger partial charge in [-0.1, -0.05) is 12.2 Å². The average molecular weight is 255 g/mol. The molecule has 0 spiro atoms. The number of likely N-dealkylation sites (tertiary alicyclic amines) is 1. The van der Waals surface area contributed by atoms with Crippen LogP contribution in [0.2, 0.25) is 0 Å². The maximum Gasteiger partial charge on any atom is 0.235 e. The molecule has 0 aromatic rings. The second kappa shape index (κ2) is 4.90. The lowest BCUT2D eigenvalue weighted by Crippen LogP contribution is -2.43. The monoisotopic (exact) mass is 255 g/mol. The second-order valence-electron chi connectivity index (χ2n) is 5.22. The predicted molar refractivity (Wildman–Crippen MR) is 71.8 cm³/mol. The first-order chi connectivity index (χ1) is 8.06. The molecule has 1 aliphatic heterocycles. The van der Waals surface area contributed by atoms with E-state index in [2.05, 4.69) is 4.90 Å². The molecule has 0 bridgehead atoms. The normalized spacial score (nSPS) is 22.4. The first kappa shape index (κ1) is 12.8. The summed E-state index contributed by atoms with van der Waals surface area (Å²) in [5, 5.41) is 0. The molecular formula is C12H21N3OS. The summed E-state index contributed by atoms with van der Waals surface area (Å²) in [6.45, 7) is 4.09. The highest BCUT2D eigenvalue weighted by atomic mass is 32.1. The van der Waals surface area contributed by atoms with Crippen LogP contribution < -0.4 is 5.73 Å². The summed E-state index contributed by atoms with van der Waals surface area (Å²) in [5.41, 5.74) is 5.17. The highest BCUT2D eigenvalue weighted by molar-refractivity contribution is 7.80. The van der Waals surface area contributed by atoms with Crippen LogP contribution in [0.5, 0.6) is 0 Å². The van der Waals surface area contributed by atoms with Crippen LogP contribution in [-0.2, 0) is 4.79 Å². The van der Waals surface area contributed by atoms with Crippen molar-refractivity contribution in [2.24, 2.45) is 11.1 Å². The Morgan fingerprint density at radius 3 is 2.47 bits per heavy atom. The molecule has 0 atom stereocenters. The van der Waals surface area contributed by atoms with Gasteiger partial charge in [-0.2, -0.15) is 0 Å². The highest BCUT2D eigenvalue weighted by Crippen LogP contribution is 2.47. The third kappa shape index (κ3) is 2.60. The number of nitrogens with zero attached hydrogens (tertiary/aromatic N) is 2. The maximum atomic E-state index is 12.2. The van der Waals surface area contributed by atoms with Gasteiger partial charge in [0.1, 0.15) is 0 Å². The minimum absolute atomic E-state index is 0.115. The molecule has 2 fully saturated rings. The van der Waals surface area contributed by atoms with Crippen molar-refractivity contribution in [2.45, 2.75) is 25.7 Å². The summed E-state index contributed by atoms with van der Waals surface area (Å²) >= 11 is 5.00. The Morgan fingerprint density at radius 1 is 1.41 bits per heavy atom. The van der Waals surface area contributed by atoms with Gasteiger partial charge in [0.15, 0.2) is 0 Å². The third-order valence-electron chi connectivity index (χ3n) is 3.93. The Labute approximate surface area is 108 Å². The quantitative estimate of drug-likeness (QED) is 0.731. The van der Waals surface area contributed by atoms with Crippen molar-refractivity contribution in [3.8, 4) is 0 Å². The zero-order chi connectivity index (χ0) is 12.5. The SMILES string of the molecule is CN(CCN1CCCC1)C(=O)C1(C(N)=S)CC1. The van der Waals surface area contributed by atoms with Gasteiger partial charge in [-0.15, -0.1) is 0 Å². The fraction of sp³-hybridized carbons (Fsp3) is 0.833. The number of rotatable bonds is 5. The lowest BCUT2D eigenvalue weighted by molar-refractivity contribution is -0.133. The third-order valence-corrected chi connectivity index (χ3v) is 4.32. The van der Waals surface area contributed by atoms with Crippen LogP contribution in [0.15, 0.2) is 0 Å². The lowest BCUT2D eigenvalue weighted by atomic mass is 10.1. The zero-order valence-corrected chi connectivity index (χ0v) is 11.3. The molecule has 0 aromatic carbocycles. The largest absolute Gasteiger partial charge is 0.392 e. The number of thiocarbonyl (C=S) groups is 1. The molecule has 17 heavy (non-hydrogen) atoms. The summed E-state index contributed by atoms with van der Waals surface area (Å²) < 4.78 is 0. The van der Waals surface area contributed by atoms with Crippen LogP contribution in [0, 0.1) is 5.41 Å². The zero-order valence-electron chi connectivity index (χ0n) is 10.4. The van der Waals surface area contributed by atoms with E-state index in [1.165, 1.54) is 25.9 Å². The number of amides is 1. The molecule has 1 saturated carbocycles. The Balaban J connectivity index is 1.81. The molecular weight excluding hydrogens is 234 g/mol. The maximum absolute atomic E-state index is 12.2. The van der Waals surface area contributed by atoms with E-state index in [1.54, 1.807) is 4.90 Å². The molecule has 1 heterocycles. The average Bonchev–Trinajstić information content (AvgIpc) is 2.96. The van der Waals surface area contributed by atoms with Gasteiger partial charge >= 0.3 is 0 Å². The van der Waals surface area contributed by atoms with Gasteiger partial charge in [-0.3, -0.25) is 4.79 Å². The highest BCUT2D eigenvalue weighted by Gasteiger charge is 2.53. The number of hydrogen-bond acceptors (Lipinski definition) is 3. The summed E-state index contributed by atoms with van der Waals surface area (Å²) in [4.78, 5) is 16.8. The number of likely N-dealkylation sites (N-methyl/N-ethyl adjacent to an activating group) is 1. The molecule has 1 saturated heterocycles. The van der Waals surface area contributed by atoms with Crippen LogP contribution in [0.3, 0.4) is 0 Å². The molecule has 2 N–H and O–H groups in total. The van der Waals surface area contributed by atoms with Crippen molar-refractivity contribution in [2.75, 3.05) is 33.2 Å². The van der Waals surface area contributed by atoms with E-state index in [0.717, 1.165) is 25.9 Å². The predicted octanol–water partition coefficient (Wildman–Crippen LogP) is 0.607.